The molecule has 0 radical (unpaired) electrons. The van der Waals surface area contributed by atoms with Gasteiger partial charge in [0.1, 0.15) is 17.5 Å². The molecule has 4 aliphatic rings. The Morgan fingerprint density at radius 2 is 1.93 bits per heavy atom. The molecule has 0 bridgehead atoms. The van der Waals surface area contributed by atoms with Gasteiger partial charge in [0.25, 0.3) is 5.91 Å². The molecule has 3 saturated carbocycles. The van der Waals surface area contributed by atoms with Crippen molar-refractivity contribution in [1.82, 2.24) is 9.97 Å². The Hall–Kier alpha value is -3.27. The molecule has 1 atom stereocenters. The molecular formula is C31H41N7O2S. The molecule has 10 heteroatoms. The minimum Gasteiger partial charge on any atom is -0.478 e. The molecule has 3 aliphatic carbocycles. The molecule has 2 aromatic rings. The van der Waals surface area contributed by atoms with Crippen molar-refractivity contribution in [3.63, 3.8) is 0 Å². The summed E-state index contributed by atoms with van der Waals surface area (Å²) in [7, 11) is 0. The van der Waals surface area contributed by atoms with Gasteiger partial charge in [-0.3, -0.25) is 10.2 Å². The van der Waals surface area contributed by atoms with Crippen LogP contribution in [0.3, 0.4) is 0 Å². The first-order valence-corrected chi connectivity index (χ1v) is 15.2. The predicted octanol–water partition coefficient (Wildman–Crippen LogP) is 5.47. The number of hydrogen-bond donors (Lipinski definition) is 5. The number of amides is 1. The average molecular weight is 576 g/mol. The number of ether oxygens (including phenoxy) is 1. The van der Waals surface area contributed by atoms with E-state index in [1.54, 1.807) is 24.4 Å². The van der Waals surface area contributed by atoms with E-state index >= 15 is 0 Å². The van der Waals surface area contributed by atoms with Crippen LogP contribution in [0.2, 0.25) is 0 Å². The van der Waals surface area contributed by atoms with Crippen LogP contribution in [0.4, 0.5) is 17.5 Å². The lowest BCUT2D eigenvalue weighted by molar-refractivity contribution is 0.100. The van der Waals surface area contributed by atoms with Crippen LogP contribution in [-0.2, 0) is 4.74 Å². The number of rotatable bonds is 12. The van der Waals surface area contributed by atoms with E-state index in [1.165, 1.54) is 25.7 Å². The number of primary amides is 1. The van der Waals surface area contributed by atoms with Crippen molar-refractivity contribution in [2.75, 3.05) is 35.2 Å². The van der Waals surface area contributed by atoms with Crippen LogP contribution in [0.1, 0.15) is 69.2 Å². The van der Waals surface area contributed by atoms with Crippen molar-refractivity contribution in [1.29, 1.82) is 5.41 Å². The van der Waals surface area contributed by atoms with Crippen molar-refractivity contribution in [3.05, 3.63) is 48.2 Å². The number of nitrogens with one attached hydrogen (secondary N) is 3. The Balaban J connectivity index is 1.04. The number of nitrogens with zero attached hydrogens (tertiary/aromatic N) is 3. The monoisotopic (exact) mass is 575 g/mol. The molecule has 0 aromatic carbocycles. The Labute approximate surface area is 247 Å². The van der Waals surface area contributed by atoms with Crippen molar-refractivity contribution >= 4 is 41.9 Å². The van der Waals surface area contributed by atoms with Crippen molar-refractivity contribution in [2.45, 2.75) is 69.4 Å². The third kappa shape index (κ3) is 5.50. The minimum absolute atomic E-state index is 0.150. The first-order chi connectivity index (χ1) is 19.6. The number of anilines is 3. The second-order valence-electron chi connectivity index (χ2n) is 12.9. The molecule has 2 spiro atoms. The summed E-state index contributed by atoms with van der Waals surface area (Å²) in [6, 6.07) is 9.23. The molecule has 1 aliphatic heterocycles. The van der Waals surface area contributed by atoms with Crippen LogP contribution >= 0.6 is 12.6 Å². The Kier molecular flexibility index (Phi) is 7.16. The fraction of sp³-hybridized carbons (Fsp3) is 0.548. The van der Waals surface area contributed by atoms with Gasteiger partial charge in [-0.1, -0.05) is 6.07 Å². The number of aromatic nitrogens is 2. The number of pyridine rings is 2. The van der Waals surface area contributed by atoms with Gasteiger partial charge in [0.2, 0.25) is 5.90 Å². The van der Waals surface area contributed by atoms with Gasteiger partial charge in [-0.15, -0.1) is 12.6 Å². The molecule has 6 rings (SSSR count). The summed E-state index contributed by atoms with van der Waals surface area (Å²) in [6.45, 7) is 6.66. The zero-order valence-corrected chi connectivity index (χ0v) is 24.8. The normalized spacial score (nSPS) is 22.7. The number of nitrogens with two attached hydrogens (primary N) is 1. The second kappa shape index (κ2) is 10.5. The molecule has 1 saturated heterocycles. The zero-order chi connectivity index (χ0) is 28.8. The van der Waals surface area contributed by atoms with E-state index in [1.807, 2.05) is 18.2 Å². The standard InChI is InChI=1S/C31H41N7O2S/c1-29(2)17-20(5-4-15-34-24-6-3-7-26(41)36-24)18-38(29)28-21(27(33)39)8-9-25(37-28)35-16-10-23(32)40-19-22-30(11-12-30)31(22)13-14-31/h3,6-10,16,20,22,32H,4-5,11-15,17-19H2,1-2H3,(H2,33,39)(H,35,37)(H2,34,36,41)/b16-10-,32-23?. The first-order valence-electron chi connectivity index (χ1n) is 14.8. The summed E-state index contributed by atoms with van der Waals surface area (Å²) in [5, 5.41) is 15.4. The van der Waals surface area contributed by atoms with Crippen LogP contribution in [-0.4, -0.2) is 47.0 Å². The van der Waals surface area contributed by atoms with E-state index in [2.05, 4.69) is 47.0 Å². The zero-order valence-electron chi connectivity index (χ0n) is 23.9. The third-order valence-electron chi connectivity index (χ3n) is 9.88. The molecule has 1 unspecified atom stereocenters. The van der Waals surface area contributed by atoms with E-state index in [-0.39, 0.29) is 11.4 Å². The molecule has 5 N–H and O–H groups in total. The Bertz CT molecular complexity index is 1350. The van der Waals surface area contributed by atoms with Crippen LogP contribution in [0.25, 0.3) is 0 Å². The average Bonchev–Trinajstić information content (AvgIpc) is 3.87. The fourth-order valence-electron chi connectivity index (χ4n) is 7.55. The van der Waals surface area contributed by atoms with Gasteiger partial charge in [-0.25, -0.2) is 9.97 Å². The first kappa shape index (κ1) is 27.9. The molecule has 3 heterocycles. The van der Waals surface area contributed by atoms with E-state index < -0.39 is 5.91 Å². The van der Waals surface area contributed by atoms with Crippen LogP contribution < -0.4 is 21.3 Å². The van der Waals surface area contributed by atoms with Crippen LogP contribution in [0.15, 0.2) is 47.6 Å². The fourth-order valence-corrected chi connectivity index (χ4v) is 7.75. The van der Waals surface area contributed by atoms with Crippen molar-refractivity contribution < 1.29 is 9.53 Å². The number of hydrogen-bond acceptors (Lipinski definition) is 9. The predicted molar refractivity (Wildman–Crippen MR) is 165 cm³/mol. The Morgan fingerprint density at radius 3 is 2.61 bits per heavy atom. The molecule has 9 nitrogen and oxygen atoms in total. The highest BCUT2D eigenvalue weighted by Crippen LogP contribution is 2.92. The highest BCUT2D eigenvalue weighted by Gasteiger charge is 2.86. The molecule has 4 fully saturated rings. The van der Waals surface area contributed by atoms with Gasteiger partial charge in [-0.05, 0) is 99.8 Å². The number of carbonyl (C=O) groups is 1. The maximum atomic E-state index is 12.3. The quantitative estimate of drug-likeness (QED) is 0.0982. The summed E-state index contributed by atoms with van der Waals surface area (Å²) in [4.78, 5) is 23.7. The SMILES string of the molecule is CC1(C)CC(CCCNc2cccc(S)n2)CN1c1nc(N/C=C\C(=N)OCC2C3(CC3)C23CC3)ccc1C(N)=O. The lowest BCUT2D eigenvalue weighted by Gasteiger charge is -2.33. The van der Waals surface area contributed by atoms with E-state index in [4.69, 9.17) is 20.9 Å². The molecule has 2 aromatic heterocycles. The van der Waals surface area contributed by atoms with E-state index in [0.717, 1.165) is 38.2 Å². The molecular weight excluding hydrogens is 534 g/mol. The maximum Gasteiger partial charge on any atom is 0.252 e. The number of fused-ring (bicyclic) bond motifs is 1. The summed E-state index contributed by atoms with van der Waals surface area (Å²) in [5.41, 5.74) is 7.15. The summed E-state index contributed by atoms with van der Waals surface area (Å²) in [6.07, 6.45) is 11.7. The highest BCUT2D eigenvalue weighted by atomic mass is 32.1. The van der Waals surface area contributed by atoms with E-state index in [9.17, 15) is 4.79 Å². The lowest BCUT2D eigenvalue weighted by atomic mass is 9.93. The molecule has 1 amide bonds. The molecule has 41 heavy (non-hydrogen) atoms. The smallest absolute Gasteiger partial charge is 0.252 e. The maximum absolute atomic E-state index is 12.3. The van der Waals surface area contributed by atoms with Gasteiger partial charge >= 0.3 is 0 Å². The van der Waals surface area contributed by atoms with Crippen molar-refractivity contribution in [3.8, 4) is 0 Å². The van der Waals surface area contributed by atoms with Crippen LogP contribution in [0.5, 0.6) is 0 Å². The van der Waals surface area contributed by atoms with Gasteiger partial charge in [0.15, 0.2) is 0 Å². The lowest BCUT2D eigenvalue weighted by Crippen LogP contribution is -2.40. The number of carbonyl (C=O) groups excluding carboxylic acids is 1. The largest absolute Gasteiger partial charge is 0.478 e. The summed E-state index contributed by atoms with van der Waals surface area (Å²) in [5.74, 6) is 2.79. The van der Waals surface area contributed by atoms with Gasteiger partial charge < -0.3 is 26.0 Å². The van der Waals surface area contributed by atoms with Gasteiger partial charge in [0, 0.05) is 36.8 Å². The topological polar surface area (TPSA) is 129 Å². The Morgan fingerprint density at radius 1 is 1.17 bits per heavy atom. The van der Waals surface area contributed by atoms with Gasteiger partial charge in [0.05, 0.1) is 17.2 Å². The summed E-state index contributed by atoms with van der Waals surface area (Å²) >= 11 is 4.30. The van der Waals surface area contributed by atoms with E-state index in [0.29, 0.717) is 51.5 Å². The highest BCUT2D eigenvalue weighted by molar-refractivity contribution is 7.80. The van der Waals surface area contributed by atoms with Crippen LogP contribution in [0, 0.1) is 28.1 Å². The van der Waals surface area contributed by atoms with Crippen molar-refractivity contribution in [2.24, 2.45) is 28.4 Å². The molecule has 218 valence electrons. The van der Waals surface area contributed by atoms with Gasteiger partial charge in [-0.2, -0.15) is 0 Å². The third-order valence-corrected chi connectivity index (χ3v) is 10.1. The second-order valence-corrected chi connectivity index (χ2v) is 13.4. The minimum atomic E-state index is -0.492. The number of thiol groups is 1. The summed E-state index contributed by atoms with van der Waals surface area (Å²) < 4.78 is 5.78.